The quantitative estimate of drug-likeness (QED) is 0.577. The Morgan fingerprint density at radius 3 is 2.53 bits per heavy atom. The van der Waals surface area contributed by atoms with Crippen LogP contribution in [-0.4, -0.2) is 52.7 Å². The summed E-state index contributed by atoms with van der Waals surface area (Å²) in [5.74, 6) is -2.84. The fraction of sp³-hybridized carbons (Fsp3) is 0.286. The molecule has 0 saturated heterocycles. The third-order valence-corrected chi connectivity index (χ3v) is 4.32. The van der Waals surface area contributed by atoms with Gasteiger partial charge in [-0.05, 0) is 36.6 Å². The minimum absolute atomic E-state index is 0.00732. The molecule has 2 aromatic rings. The summed E-state index contributed by atoms with van der Waals surface area (Å²) in [6, 6.07) is 10.8. The van der Waals surface area contributed by atoms with Gasteiger partial charge < -0.3 is 25.2 Å². The molecule has 0 aromatic heterocycles. The number of nitrogens with zero attached hydrogens (tertiary/aromatic N) is 1. The highest BCUT2D eigenvalue weighted by Crippen LogP contribution is 2.19. The van der Waals surface area contributed by atoms with Gasteiger partial charge >= 0.3 is 12.1 Å². The van der Waals surface area contributed by atoms with Crippen molar-refractivity contribution in [3.8, 4) is 5.75 Å². The van der Waals surface area contributed by atoms with Gasteiger partial charge in [0.25, 0.3) is 5.91 Å². The van der Waals surface area contributed by atoms with E-state index in [0.29, 0.717) is 0 Å². The first-order valence-electron chi connectivity index (χ1n) is 9.22. The summed E-state index contributed by atoms with van der Waals surface area (Å²) >= 11 is 0. The van der Waals surface area contributed by atoms with Crippen LogP contribution < -0.4 is 5.32 Å². The maximum Gasteiger partial charge on any atom is 0.408 e. The van der Waals surface area contributed by atoms with Crippen LogP contribution in [0.3, 0.4) is 0 Å². The highest BCUT2D eigenvalue weighted by molar-refractivity contribution is 5.96. The molecule has 9 heteroatoms. The summed E-state index contributed by atoms with van der Waals surface area (Å²) < 4.78 is 18.3. The zero-order valence-corrected chi connectivity index (χ0v) is 16.4. The fourth-order valence-electron chi connectivity index (χ4n) is 2.68. The number of phenolic OH excluding ortho intramolecular Hbond substituents is 1. The third-order valence-electron chi connectivity index (χ3n) is 4.32. The van der Waals surface area contributed by atoms with Gasteiger partial charge in [-0.15, -0.1) is 0 Å². The second-order valence-electron chi connectivity index (χ2n) is 6.63. The number of nitrogens with one attached hydrogen (secondary N) is 1. The van der Waals surface area contributed by atoms with Gasteiger partial charge in [0, 0.05) is 13.6 Å². The fourth-order valence-corrected chi connectivity index (χ4v) is 2.68. The lowest BCUT2D eigenvalue weighted by atomic mass is 10.1. The largest absolute Gasteiger partial charge is 0.507 e. The third kappa shape index (κ3) is 6.77. The Hall–Kier alpha value is -3.62. The van der Waals surface area contributed by atoms with Crippen molar-refractivity contribution in [1.82, 2.24) is 10.2 Å². The van der Waals surface area contributed by atoms with Crippen molar-refractivity contribution >= 4 is 18.0 Å². The Morgan fingerprint density at radius 1 is 1.17 bits per heavy atom. The van der Waals surface area contributed by atoms with E-state index in [1.165, 1.54) is 11.9 Å². The Kier molecular flexibility index (Phi) is 8.16. The van der Waals surface area contributed by atoms with E-state index in [1.807, 2.05) is 6.07 Å². The molecule has 1 atom stereocenters. The molecular formula is C21H23FN2O6. The van der Waals surface area contributed by atoms with Crippen molar-refractivity contribution in [2.45, 2.75) is 25.5 Å². The second kappa shape index (κ2) is 10.8. The van der Waals surface area contributed by atoms with E-state index in [2.05, 4.69) is 5.32 Å². The zero-order valence-electron chi connectivity index (χ0n) is 16.4. The van der Waals surface area contributed by atoms with Gasteiger partial charge in [0.05, 0.1) is 5.56 Å². The summed E-state index contributed by atoms with van der Waals surface area (Å²) in [4.78, 5) is 36.8. The first kappa shape index (κ1) is 22.7. The molecule has 8 nitrogen and oxygen atoms in total. The molecule has 160 valence electrons. The van der Waals surface area contributed by atoms with E-state index in [-0.39, 0.29) is 37.3 Å². The SMILES string of the molecule is CN(CCCC(NC(=O)OCc1ccccc1)C(=O)O)C(=O)c1cc(F)ccc1O. The molecule has 0 aliphatic carbocycles. The minimum Gasteiger partial charge on any atom is -0.507 e. The highest BCUT2D eigenvalue weighted by atomic mass is 19.1. The normalized spacial score (nSPS) is 11.4. The molecule has 3 N–H and O–H groups in total. The smallest absolute Gasteiger partial charge is 0.408 e. The van der Waals surface area contributed by atoms with Gasteiger partial charge in [0.2, 0.25) is 0 Å². The molecule has 0 spiro atoms. The van der Waals surface area contributed by atoms with Crippen molar-refractivity contribution in [2.75, 3.05) is 13.6 Å². The molecule has 2 aromatic carbocycles. The van der Waals surface area contributed by atoms with Gasteiger partial charge in [0.15, 0.2) is 0 Å². The number of carbonyl (C=O) groups is 3. The van der Waals surface area contributed by atoms with E-state index in [4.69, 9.17) is 4.74 Å². The van der Waals surface area contributed by atoms with Crippen LogP contribution >= 0.6 is 0 Å². The van der Waals surface area contributed by atoms with Crippen LogP contribution in [0.4, 0.5) is 9.18 Å². The molecule has 2 rings (SSSR count). The topological polar surface area (TPSA) is 116 Å². The van der Waals surface area contributed by atoms with Gasteiger partial charge in [-0.25, -0.2) is 14.0 Å². The van der Waals surface area contributed by atoms with Crippen molar-refractivity contribution < 1.29 is 33.7 Å². The lowest BCUT2D eigenvalue weighted by Crippen LogP contribution is -2.41. The van der Waals surface area contributed by atoms with Gasteiger partial charge in [-0.1, -0.05) is 30.3 Å². The second-order valence-corrected chi connectivity index (χ2v) is 6.63. The zero-order chi connectivity index (χ0) is 22.1. The van der Waals surface area contributed by atoms with Crippen molar-refractivity contribution in [3.63, 3.8) is 0 Å². The Morgan fingerprint density at radius 2 is 1.87 bits per heavy atom. The van der Waals surface area contributed by atoms with Crippen LogP contribution in [-0.2, 0) is 16.1 Å². The molecule has 0 bridgehead atoms. The minimum atomic E-state index is -1.23. The maximum atomic E-state index is 13.3. The Balaban J connectivity index is 1.82. The average Bonchev–Trinajstić information content (AvgIpc) is 2.73. The number of alkyl carbamates (subject to hydrolysis) is 1. The van der Waals surface area contributed by atoms with Crippen LogP contribution in [0.5, 0.6) is 5.75 Å². The molecule has 1 unspecified atom stereocenters. The number of benzene rings is 2. The molecule has 0 aliphatic rings. The highest BCUT2D eigenvalue weighted by Gasteiger charge is 2.22. The van der Waals surface area contributed by atoms with E-state index in [1.54, 1.807) is 24.3 Å². The first-order chi connectivity index (χ1) is 14.3. The van der Waals surface area contributed by atoms with Gasteiger partial charge in [0.1, 0.15) is 24.2 Å². The number of ether oxygens (including phenoxy) is 1. The molecule has 0 saturated carbocycles. The standard InChI is InChI=1S/C21H23FN2O6/c1-24(19(26)16-12-15(22)9-10-18(16)25)11-5-8-17(20(27)28)23-21(29)30-13-14-6-3-2-4-7-14/h2-4,6-7,9-10,12,17,25H,5,8,11,13H2,1H3,(H,23,29)(H,27,28). The average molecular weight is 418 g/mol. The molecule has 0 aliphatic heterocycles. The van der Waals surface area contributed by atoms with Crippen LogP contribution in [0.25, 0.3) is 0 Å². The van der Waals surface area contributed by atoms with Crippen LogP contribution in [0.1, 0.15) is 28.8 Å². The monoisotopic (exact) mass is 418 g/mol. The predicted molar refractivity (Wildman–Crippen MR) is 105 cm³/mol. The van der Waals surface area contributed by atoms with Crippen molar-refractivity contribution in [2.24, 2.45) is 0 Å². The predicted octanol–water partition coefficient (Wildman–Crippen LogP) is 2.76. The summed E-state index contributed by atoms with van der Waals surface area (Å²) in [7, 11) is 1.45. The summed E-state index contributed by atoms with van der Waals surface area (Å²) in [5, 5.41) is 21.3. The number of carbonyl (C=O) groups excluding carboxylic acids is 2. The molecular weight excluding hydrogens is 395 g/mol. The molecule has 0 heterocycles. The van der Waals surface area contributed by atoms with Gasteiger partial charge in [-0.2, -0.15) is 0 Å². The summed E-state index contributed by atoms with van der Waals surface area (Å²) in [5.41, 5.74) is 0.579. The Labute approximate surface area is 172 Å². The van der Waals surface area contributed by atoms with E-state index < -0.39 is 29.8 Å². The Bertz CT molecular complexity index is 890. The summed E-state index contributed by atoms with van der Waals surface area (Å²) in [6.45, 7) is 0.146. The first-order valence-corrected chi connectivity index (χ1v) is 9.22. The van der Waals surface area contributed by atoms with Crippen molar-refractivity contribution in [3.05, 3.63) is 65.5 Å². The molecule has 0 radical (unpaired) electrons. The molecule has 0 fully saturated rings. The number of rotatable bonds is 9. The van der Waals surface area contributed by atoms with Gasteiger partial charge in [-0.3, -0.25) is 4.79 Å². The number of hydrogen-bond acceptors (Lipinski definition) is 5. The number of aromatic hydroxyl groups is 1. The number of carboxylic acids is 1. The number of halogens is 1. The van der Waals surface area contributed by atoms with Crippen LogP contribution in [0.15, 0.2) is 48.5 Å². The lowest BCUT2D eigenvalue weighted by Gasteiger charge is -2.19. The van der Waals surface area contributed by atoms with E-state index in [9.17, 15) is 29.0 Å². The number of aliphatic carboxylic acids is 1. The number of carboxylic acid groups (broad SMARTS) is 1. The van der Waals surface area contributed by atoms with E-state index in [0.717, 1.165) is 23.8 Å². The van der Waals surface area contributed by atoms with Crippen LogP contribution in [0, 0.1) is 5.82 Å². The number of hydrogen-bond donors (Lipinski definition) is 3. The summed E-state index contributed by atoms with van der Waals surface area (Å²) in [6.07, 6.45) is -0.572. The van der Waals surface area contributed by atoms with E-state index >= 15 is 0 Å². The van der Waals surface area contributed by atoms with Crippen molar-refractivity contribution in [1.29, 1.82) is 0 Å². The molecule has 2 amide bonds. The van der Waals surface area contributed by atoms with Crippen LogP contribution in [0.2, 0.25) is 0 Å². The molecule has 30 heavy (non-hydrogen) atoms. The number of phenols is 1. The number of amides is 2. The maximum absolute atomic E-state index is 13.3. The lowest BCUT2D eigenvalue weighted by molar-refractivity contribution is -0.139.